The fraction of sp³-hybridized carbons (Fsp3) is 0.120. The molecule has 0 fully saturated rings. The molecule has 0 aliphatic carbocycles. The number of aryl methyl sites for hydroxylation is 1. The van der Waals surface area contributed by atoms with E-state index in [0.717, 1.165) is 16.9 Å². The molecule has 3 aromatic carbocycles. The lowest BCUT2D eigenvalue weighted by molar-refractivity contribution is 0.0732. The van der Waals surface area contributed by atoms with Gasteiger partial charge in [-0.25, -0.2) is 4.79 Å². The first-order valence-electron chi connectivity index (χ1n) is 9.47. The van der Waals surface area contributed by atoms with E-state index < -0.39 is 5.97 Å². The highest BCUT2D eigenvalue weighted by atomic mass is 16.5. The molecule has 0 atom stereocenters. The number of carbonyl (C=O) groups is 2. The zero-order valence-electron chi connectivity index (χ0n) is 16.9. The summed E-state index contributed by atoms with van der Waals surface area (Å²) in [6.07, 6.45) is 1.68. The van der Waals surface area contributed by atoms with Gasteiger partial charge in [0.1, 0.15) is 17.2 Å². The number of ether oxygens (including phenoxy) is 3. The van der Waals surface area contributed by atoms with Gasteiger partial charge in [-0.15, -0.1) is 0 Å². The Kier molecular flexibility index (Phi) is 5.11. The molecular formula is C25H20O5. The molecule has 3 aromatic rings. The monoisotopic (exact) mass is 400 g/mol. The van der Waals surface area contributed by atoms with E-state index >= 15 is 0 Å². The number of hydrogen-bond acceptors (Lipinski definition) is 5. The van der Waals surface area contributed by atoms with E-state index in [1.54, 1.807) is 44.4 Å². The highest BCUT2D eigenvalue weighted by molar-refractivity contribution is 6.15. The van der Waals surface area contributed by atoms with Crippen LogP contribution in [0, 0.1) is 13.8 Å². The van der Waals surface area contributed by atoms with Gasteiger partial charge in [-0.2, -0.15) is 0 Å². The lowest BCUT2D eigenvalue weighted by Crippen LogP contribution is -2.11. The number of esters is 1. The molecular weight excluding hydrogens is 380 g/mol. The van der Waals surface area contributed by atoms with Gasteiger partial charge in [0.2, 0.25) is 5.78 Å². The molecule has 30 heavy (non-hydrogen) atoms. The largest absolute Gasteiger partial charge is 0.497 e. The van der Waals surface area contributed by atoms with Crippen molar-refractivity contribution in [3.05, 3.63) is 94.2 Å². The van der Waals surface area contributed by atoms with Crippen LogP contribution in [-0.4, -0.2) is 18.9 Å². The number of hydrogen-bond donors (Lipinski definition) is 0. The molecule has 5 heteroatoms. The zero-order chi connectivity index (χ0) is 21.3. The third-order valence-corrected chi connectivity index (χ3v) is 5.02. The van der Waals surface area contributed by atoms with Gasteiger partial charge < -0.3 is 14.2 Å². The minimum Gasteiger partial charge on any atom is -0.497 e. The van der Waals surface area contributed by atoms with Crippen LogP contribution in [0.1, 0.15) is 37.4 Å². The number of fused-ring (bicyclic) bond motifs is 1. The van der Waals surface area contributed by atoms with E-state index in [1.165, 1.54) is 0 Å². The van der Waals surface area contributed by atoms with E-state index in [1.807, 2.05) is 43.3 Å². The van der Waals surface area contributed by atoms with Gasteiger partial charge in [0, 0.05) is 5.56 Å². The number of benzene rings is 3. The lowest BCUT2D eigenvalue weighted by atomic mass is 10.1. The van der Waals surface area contributed by atoms with Crippen LogP contribution in [0.4, 0.5) is 0 Å². The van der Waals surface area contributed by atoms with E-state index in [-0.39, 0.29) is 11.5 Å². The molecule has 0 radical (unpaired) electrons. The van der Waals surface area contributed by atoms with E-state index in [0.29, 0.717) is 28.2 Å². The summed E-state index contributed by atoms with van der Waals surface area (Å²) in [5.41, 5.74) is 3.19. The fourth-order valence-corrected chi connectivity index (χ4v) is 3.29. The van der Waals surface area contributed by atoms with Crippen LogP contribution < -0.4 is 14.2 Å². The summed E-state index contributed by atoms with van der Waals surface area (Å²) in [5, 5.41) is 0. The maximum absolute atomic E-state index is 12.8. The molecule has 0 saturated carbocycles. The van der Waals surface area contributed by atoms with Crippen LogP contribution in [0.5, 0.6) is 17.2 Å². The Balaban J connectivity index is 1.60. The first-order chi connectivity index (χ1) is 14.5. The van der Waals surface area contributed by atoms with Crippen molar-refractivity contribution >= 4 is 17.8 Å². The first-order valence-corrected chi connectivity index (χ1v) is 9.47. The molecule has 0 aromatic heterocycles. The maximum Gasteiger partial charge on any atom is 0.343 e. The Bertz CT molecular complexity index is 1170. The highest BCUT2D eigenvalue weighted by Crippen LogP contribution is 2.39. The van der Waals surface area contributed by atoms with Gasteiger partial charge in [0.15, 0.2) is 5.76 Å². The molecule has 150 valence electrons. The summed E-state index contributed by atoms with van der Waals surface area (Å²) >= 11 is 0. The van der Waals surface area contributed by atoms with Crippen LogP contribution >= 0.6 is 0 Å². The van der Waals surface area contributed by atoms with Crippen LogP contribution in [0.25, 0.3) is 6.08 Å². The lowest BCUT2D eigenvalue weighted by Gasteiger charge is -2.11. The quantitative estimate of drug-likeness (QED) is 0.344. The Morgan fingerprint density at radius 1 is 0.967 bits per heavy atom. The van der Waals surface area contributed by atoms with Gasteiger partial charge in [0.05, 0.1) is 18.2 Å². The van der Waals surface area contributed by atoms with Crippen molar-refractivity contribution in [3.8, 4) is 17.2 Å². The predicted molar refractivity (Wildman–Crippen MR) is 113 cm³/mol. The molecule has 0 unspecified atom stereocenters. The van der Waals surface area contributed by atoms with Gasteiger partial charge in [0.25, 0.3) is 0 Å². The zero-order valence-corrected chi connectivity index (χ0v) is 16.9. The summed E-state index contributed by atoms with van der Waals surface area (Å²) in [4.78, 5) is 25.3. The van der Waals surface area contributed by atoms with Crippen molar-refractivity contribution in [3.63, 3.8) is 0 Å². The SMILES string of the molecule is COc1ccc(/C=C2\Oc3c(ccc(OC(=O)c4ccccc4C)c3C)C2=O)cc1. The van der Waals surface area contributed by atoms with E-state index in [4.69, 9.17) is 14.2 Å². The van der Waals surface area contributed by atoms with Crippen molar-refractivity contribution in [1.82, 2.24) is 0 Å². The van der Waals surface area contributed by atoms with Crippen LogP contribution in [0.3, 0.4) is 0 Å². The second-order valence-corrected chi connectivity index (χ2v) is 6.98. The van der Waals surface area contributed by atoms with Crippen LogP contribution in [0.2, 0.25) is 0 Å². The minimum atomic E-state index is -0.450. The Hall–Kier alpha value is -3.86. The van der Waals surface area contributed by atoms with Crippen molar-refractivity contribution in [2.75, 3.05) is 7.11 Å². The van der Waals surface area contributed by atoms with E-state index in [2.05, 4.69) is 0 Å². The van der Waals surface area contributed by atoms with Crippen molar-refractivity contribution in [2.24, 2.45) is 0 Å². The molecule has 1 aliphatic heterocycles. The topological polar surface area (TPSA) is 61.8 Å². The normalized spacial score (nSPS) is 13.7. The van der Waals surface area contributed by atoms with Gasteiger partial charge >= 0.3 is 5.97 Å². The molecule has 0 N–H and O–H groups in total. The molecule has 0 bridgehead atoms. The van der Waals surface area contributed by atoms with Crippen LogP contribution in [-0.2, 0) is 0 Å². The number of carbonyl (C=O) groups excluding carboxylic acids is 2. The number of ketones is 1. The average molecular weight is 400 g/mol. The van der Waals surface area contributed by atoms with Crippen molar-refractivity contribution in [2.45, 2.75) is 13.8 Å². The fourth-order valence-electron chi connectivity index (χ4n) is 3.29. The molecule has 1 heterocycles. The van der Waals surface area contributed by atoms with Crippen LogP contribution in [0.15, 0.2) is 66.4 Å². The minimum absolute atomic E-state index is 0.208. The van der Waals surface area contributed by atoms with Crippen molar-refractivity contribution < 1.29 is 23.8 Å². The van der Waals surface area contributed by atoms with E-state index in [9.17, 15) is 9.59 Å². The Morgan fingerprint density at radius 2 is 1.70 bits per heavy atom. The second-order valence-electron chi connectivity index (χ2n) is 6.98. The smallest absolute Gasteiger partial charge is 0.343 e. The molecule has 0 amide bonds. The highest BCUT2D eigenvalue weighted by Gasteiger charge is 2.30. The Labute approximate surface area is 174 Å². The molecule has 4 rings (SSSR count). The summed E-state index contributed by atoms with van der Waals surface area (Å²) in [7, 11) is 1.60. The molecule has 5 nitrogen and oxygen atoms in total. The Morgan fingerprint density at radius 3 is 2.40 bits per heavy atom. The third kappa shape index (κ3) is 3.57. The summed E-state index contributed by atoms with van der Waals surface area (Å²) in [6, 6.07) is 17.8. The van der Waals surface area contributed by atoms with Gasteiger partial charge in [-0.1, -0.05) is 30.3 Å². The average Bonchev–Trinajstić information content (AvgIpc) is 3.07. The summed E-state index contributed by atoms with van der Waals surface area (Å²) < 4.78 is 16.6. The molecule has 0 saturated heterocycles. The number of rotatable bonds is 4. The summed E-state index contributed by atoms with van der Waals surface area (Å²) in [5.74, 6) is 1.07. The van der Waals surface area contributed by atoms with Gasteiger partial charge in [-0.05, 0) is 61.4 Å². The third-order valence-electron chi connectivity index (χ3n) is 5.02. The predicted octanol–water partition coefficient (Wildman–Crippen LogP) is 5.15. The second kappa shape index (κ2) is 7.87. The number of allylic oxidation sites excluding steroid dienone is 1. The first kappa shape index (κ1) is 19.5. The summed E-state index contributed by atoms with van der Waals surface area (Å²) in [6.45, 7) is 3.62. The number of methoxy groups -OCH3 is 1. The molecule has 0 spiro atoms. The van der Waals surface area contributed by atoms with Crippen molar-refractivity contribution in [1.29, 1.82) is 0 Å². The van der Waals surface area contributed by atoms with Gasteiger partial charge in [-0.3, -0.25) is 4.79 Å². The molecule has 1 aliphatic rings. The standard InChI is InChI=1S/C25H20O5/c1-15-6-4-5-7-19(15)25(27)30-21-13-12-20-23(26)22(29-24(20)16(21)2)14-17-8-10-18(28-3)11-9-17/h4-14H,1-3H3/b22-14-. The number of Topliss-reactive ketones (excluding diaryl/α,β-unsaturated/α-hetero) is 1. The maximum atomic E-state index is 12.8.